The van der Waals surface area contributed by atoms with E-state index in [1.54, 1.807) is 12.1 Å². The maximum Gasteiger partial charge on any atom is 0.205 e. The fraction of sp³-hybridized carbons (Fsp3) is 0.0385. The molecule has 0 saturated heterocycles. The molecule has 5 rings (SSSR count). The Morgan fingerprint density at radius 2 is 1.56 bits per heavy atom. The minimum atomic E-state index is 0.474. The maximum atomic E-state index is 5.93. The molecular weight excluding hydrogens is 420 g/mol. The molecule has 1 radical (unpaired) electrons. The van der Waals surface area contributed by atoms with Crippen molar-refractivity contribution in [1.29, 1.82) is 0 Å². The molecule has 0 aliphatic rings. The van der Waals surface area contributed by atoms with Crippen molar-refractivity contribution in [3.63, 3.8) is 0 Å². The minimum absolute atomic E-state index is 0.474. The maximum absolute atomic E-state index is 5.93. The van der Waals surface area contributed by atoms with Crippen LogP contribution in [-0.4, -0.2) is 20.2 Å². The first-order valence-corrected chi connectivity index (χ1v) is 10.5. The fourth-order valence-corrected chi connectivity index (χ4v) is 3.36. The standard InChI is InChI=1S/C26H18ClN4O/c27-23-12-14-24(15-13-23)31-29-26(28-30-31)22-8-6-19(7-9-22)18-32-25-16-10-21(11-17-25)20-4-2-1-3-5-20/h1-4,6-17H,18H2. The first kappa shape index (κ1) is 20.0. The van der Waals surface area contributed by atoms with Crippen LogP contribution in [0, 0.1) is 6.07 Å². The quantitative estimate of drug-likeness (QED) is 0.325. The predicted octanol–water partition coefficient (Wildman–Crippen LogP) is 6.03. The Balaban J connectivity index is 1.22. The Morgan fingerprint density at radius 3 is 2.28 bits per heavy atom. The molecule has 0 aliphatic carbocycles. The van der Waals surface area contributed by atoms with Gasteiger partial charge in [-0.1, -0.05) is 72.3 Å². The van der Waals surface area contributed by atoms with E-state index < -0.39 is 0 Å². The van der Waals surface area contributed by atoms with Crippen molar-refractivity contribution < 1.29 is 4.74 Å². The lowest BCUT2D eigenvalue weighted by atomic mass is 10.1. The van der Waals surface area contributed by atoms with Gasteiger partial charge in [-0.15, -0.1) is 15.0 Å². The Labute approximate surface area is 190 Å². The van der Waals surface area contributed by atoms with E-state index in [-0.39, 0.29) is 0 Å². The molecule has 32 heavy (non-hydrogen) atoms. The van der Waals surface area contributed by atoms with Gasteiger partial charge in [0.2, 0.25) is 5.82 Å². The summed E-state index contributed by atoms with van der Waals surface area (Å²) in [6, 6.07) is 34.4. The predicted molar refractivity (Wildman–Crippen MR) is 125 cm³/mol. The average Bonchev–Trinajstić information content (AvgIpc) is 3.35. The molecule has 0 saturated carbocycles. The third kappa shape index (κ3) is 4.53. The number of tetrazole rings is 1. The molecule has 0 N–H and O–H groups in total. The van der Waals surface area contributed by atoms with Crippen molar-refractivity contribution in [3.05, 3.63) is 114 Å². The Hall–Kier alpha value is -3.96. The molecule has 0 bridgehead atoms. The molecule has 0 atom stereocenters. The molecule has 0 spiro atoms. The molecule has 5 nitrogen and oxygen atoms in total. The van der Waals surface area contributed by atoms with Crippen LogP contribution in [0.2, 0.25) is 5.02 Å². The van der Waals surface area contributed by atoms with E-state index in [1.807, 2.05) is 84.9 Å². The van der Waals surface area contributed by atoms with Gasteiger partial charge in [0.05, 0.1) is 5.69 Å². The van der Waals surface area contributed by atoms with Crippen molar-refractivity contribution >= 4 is 11.6 Å². The number of aromatic nitrogens is 4. The minimum Gasteiger partial charge on any atom is -0.489 e. The number of benzene rings is 4. The van der Waals surface area contributed by atoms with E-state index in [2.05, 4.69) is 21.5 Å². The van der Waals surface area contributed by atoms with Crippen molar-refractivity contribution in [3.8, 4) is 34.0 Å². The Kier molecular flexibility index (Phi) is 5.64. The topological polar surface area (TPSA) is 52.8 Å². The zero-order valence-electron chi connectivity index (χ0n) is 17.0. The molecule has 5 aromatic rings. The normalized spacial score (nSPS) is 10.8. The van der Waals surface area contributed by atoms with Crippen LogP contribution in [0.15, 0.2) is 97.1 Å². The van der Waals surface area contributed by atoms with Crippen LogP contribution in [-0.2, 0) is 6.61 Å². The fourth-order valence-electron chi connectivity index (χ4n) is 3.23. The molecule has 0 unspecified atom stereocenters. The van der Waals surface area contributed by atoms with E-state index in [0.717, 1.165) is 33.7 Å². The average molecular weight is 438 g/mol. The highest BCUT2D eigenvalue weighted by Gasteiger charge is 2.08. The highest BCUT2D eigenvalue weighted by molar-refractivity contribution is 6.30. The van der Waals surface area contributed by atoms with Crippen LogP contribution in [0.3, 0.4) is 0 Å². The molecule has 0 aliphatic heterocycles. The lowest BCUT2D eigenvalue weighted by Gasteiger charge is -2.08. The summed E-state index contributed by atoms with van der Waals surface area (Å²) in [5.41, 5.74) is 4.92. The monoisotopic (exact) mass is 437 g/mol. The Morgan fingerprint density at radius 1 is 0.812 bits per heavy atom. The van der Waals surface area contributed by atoms with Gasteiger partial charge in [-0.25, -0.2) is 0 Å². The third-order valence-electron chi connectivity index (χ3n) is 4.96. The summed E-state index contributed by atoms with van der Waals surface area (Å²) in [5.74, 6) is 1.38. The lowest BCUT2D eigenvalue weighted by Crippen LogP contribution is -1.98. The van der Waals surface area contributed by atoms with Crippen LogP contribution < -0.4 is 4.74 Å². The summed E-state index contributed by atoms with van der Waals surface area (Å²) >= 11 is 5.93. The van der Waals surface area contributed by atoms with E-state index in [1.165, 1.54) is 4.80 Å². The summed E-state index contributed by atoms with van der Waals surface area (Å²) in [5, 5.41) is 13.4. The molecule has 6 heteroatoms. The van der Waals surface area contributed by atoms with Gasteiger partial charge in [-0.05, 0) is 64.4 Å². The van der Waals surface area contributed by atoms with Crippen LogP contribution in [0.1, 0.15) is 5.56 Å². The van der Waals surface area contributed by atoms with E-state index >= 15 is 0 Å². The van der Waals surface area contributed by atoms with Gasteiger partial charge in [-0.3, -0.25) is 0 Å². The van der Waals surface area contributed by atoms with Crippen molar-refractivity contribution in [1.82, 2.24) is 20.2 Å². The number of hydrogen-bond acceptors (Lipinski definition) is 4. The van der Waals surface area contributed by atoms with Gasteiger partial charge in [0, 0.05) is 10.6 Å². The van der Waals surface area contributed by atoms with Crippen LogP contribution in [0.5, 0.6) is 5.75 Å². The SMILES string of the molecule is Clc1ccc(-n2nnc(-c3ccc(COc4ccc(-c5[c]cccc5)cc4)cc3)n2)cc1. The largest absolute Gasteiger partial charge is 0.489 e. The zero-order valence-corrected chi connectivity index (χ0v) is 17.8. The molecule has 155 valence electrons. The highest BCUT2D eigenvalue weighted by Crippen LogP contribution is 2.23. The van der Waals surface area contributed by atoms with Crippen LogP contribution >= 0.6 is 11.6 Å². The lowest BCUT2D eigenvalue weighted by molar-refractivity contribution is 0.306. The zero-order chi connectivity index (χ0) is 21.8. The number of nitrogens with zero attached hydrogens (tertiary/aromatic N) is 4. The smallest absolute Gasteiger partial charge is 0.205 e. The molecule has 0 fully saturated rings. The van der Waals surface area contributed by atoms with Crippen molar-refractivity contribution in [2.45, 2.75) is 6.61 Å². The molecule has 0 amide bonds. The second-order valence-corrected chi connectivity index (χ2v) is 7.60. The van der Waals surface area contributed by atoms with Gasteiger partial charge in [-0.2, -0.15) is 0 Å². The van der Waals surface area contributed by atoms with E-state index in [9.17, 15) is 0 Å². The van der Waals surface area contributed by atoms with Crippen molar-refractivity contribution in [2.75, 3.05) is 0 Å². The Bertz CT molecular complexity index is 1300. The van der Waals surface area contributed by atoms with Crippen molar-refractivity contribution in [2.24, 2.45) is 0 Å². The number of rotatable bonds is 6. The summed E-state index contributed by atoms with van der Waals surface area (Å²) in [6.45, 7) is 0.474. The second kappa shape index (κ2) is 9.04. The summed E-state index contributed by atoms with van der Waals surface area (Å²) in [4.78, 5) is 1.49. The molecule has 4 aromatic carbocycles. The van der Waals surface area contributed by atoms with Crippen LogP contribution in [0.25, 0.3) is 28.2 Å². The summed E-state index contributed by atoms with van der Waals surface area (Å²) in [6.07, 6.45) is 0. The van der Waals surface area contributed by atoms with Gasteiger partial charge >= 0.3 is 0 Å². The first-order valence-electron chi connectivity index (χ1n) is 10.1. The summed E-state index contributed by atoms with van der Waals surface area (Å²) in [7, 11) is 0. The van der Waals surface area contributed by atoms with Gasteiger partial charge in [0.1, 0.15) is 12.4 Å². The molecule has 1 heterocycles. The van der Waals surface area contributed by atoms with Gasteiger partial charge in [0.25, 0.3) is 0 Å². The van der Waals surface area contributed by atoms with E-state index in [4.69, 9.17) is 16.3 Å². The molecular formula is C26H18ClN4O. The van der Waals surface area contributed by atoms with E-state index in [0.29, 0.717) is 17.5 Å². The first-order chi connectivity index (χ1) is 15.7. The van der Waals surface area contributed by atoms with Gasteiger partial charge < -0.3 is 4.74 Å². The molecule has 1 aromatic heterocycles. The van der Waals surface area contributed by atoms with Crippen LogP contribution in [0.4, 0.5) is 0 Å². The highest BCUT2D eigenvalue weighted by atomic mass is 35.5. The number of ether oxygens (including phenoxy) is 1. The number of halogens is 1. The number of hydrogen-bond donors (Lipinski definition) is 0. The summed E-state index contributed by atoms with van der Waals surface area (Å²) < 4.78 is 5.93. The van der Waals surface area contributed by atoms with Gasteiger partial charge in [0.15, 0.2) is 0 Å². The second-order valence-electron chi connectivity index (χ2n) is 7.17. The third-order valence-corrected chi connectivity index (χ3v) is 5.22.